The van der Waals surface area contributed by atoms with Gasteiger partial charge in [0.25, 0.3) is 0 Å². The Hall–Kier alpha value is -2.63. The van der Waals surface area contributed by atoms with Crippen molar-refractivity contribution in [1.29, 1.82) is 0 Å². The van der Waals surface area contributed by atoms with Gasteiger partial charge in [-0.1, -0.05) is 18.2 Å². The van der Waals surface area contributed by atoms with E-state index in [0.717, 1.165) is 0 Å². The van der Waals surface area contributed by atoms with Crippen LogP contribution >= 0.6 is 0 Å². The third-order valence-corrected chi connectivity index (χ3v) is 2.81. The van der Waals surface area contributed by atoms with E-state index in [4.69, 9.17) is 14.6 Å². The summed E-state index contributed by atoms with van der Waals surface area (Å²) in [5.74, 6) is -3.64. The van der Waals surface area contributed by atoms with Crippen LogP contribution in [0.1, 0.15) is 15.9 Å². The maximum absolute atomic E-state index is 13.7. The molecule has 0 atom stereocenters. The maximum Gasteiger partial charge on any atom is 0.335 e. The molecule has 2 rings (SSSR count). The van der Waals surface area contributed by atoms with Gasteiger partial charge in [0.15, 0.2) is 17.4 Å². The van der Waals surface area contributed by atoms with Crippen LogP contribution in [0.4, 0.5) is 8.78 Å². The zero-order valence-electron chi connectivity index (χ0n) is 11.1. The Balaban J connectivity index is 2.22. The van der Waals surface area contributed by atoms with Crippen molar-refractivity contribution in [3.63, 3.8) is 0 Å². The fourth-order valence-electron chi connectivity index (χ4n) is 1.79. The van der Waals surface area contributed by atoms with E-state index in [1.807, 2.05) is 0 Å². The molecule has 0 aromatic heterocycles. The number of carbonyl (C=O) groups is 1. The fourth-order valence-corrected chi connectivity index (χ4v) is 1.79. The summed E-state index contributed by atoms with van der Waals surface area (Å²) in [7, 11) is 1.47. The van der Waals surface area contributed by atoms with Gasteiger partial charge in [-0.25, -0.2) is 13.6 Å². The molecule has 0 bridgehead atoms. The summed E-state index contributed by atoms with van der Waals surface area (Å²) >= 11 is 0. The van der Waals surface area contributed by atoms with Crippen LogP contribution in [0.5, 0.6) is 11.5 Å². The number of para-hydroxylation sites is 1. The molecule has 6 heteroatoms. The summed E-state index contributed by atoms with van der Waals surface area (Å²) in [4.78, 5) is 10.7. The largest absolute Gasteiger partial charge is 0.496 e. The van der Waals surface area contributed by atoms with Gasteiger partial charge in [0, 0.05) is 5.56 Å². The first-order valence-electron chi connectivity index (χ1n) is 6.00. The van der Waals surface area contributed by atoms with Crippen LogP contribution < -0.4 is 9.47 Å². The zero-order chi connectivity index (χ0) is 15.4. The number of carboxylic acid groups (broad SMARTS) is 1. The molecule has 2 aromatic rings. The van der Waals surface area contributed by atoms with Gasteiger partial charge in [0.2, 0.25) is 0 Å². The summed E-state index contributed by atoms with van der Waals surface area (Å²) in [6, 6.07) is 8.30. The van der Waals surface area contributed by atoms with Crippen LogP contribution in [0.2, 0.25) is 0 Å². The monoisotopic (exact) mass is 294 g/mol. The highest BCUT2D eigenvalue weighted by molar-refractivity contribution is 5.87. The minimum atomic E-state index is -1.41. The smallest absolute Gasteiger partial charge is 0.335 e. The summed E-state index contributed by atoms with van der Waals surface area (Å²) in [6.45, 7) is -0.107. The lowest BCUT2D eigenvalue weighted by molar-refractivity contribution is 0.0695. The predicted molar refractivity (Wildman–Crippen MR) is 70.6 cm³/mol. The van der Waals surface area contributed by atoms with Crippen molar-refractivity contribution in [3.05, 3.63) is 59.2 Å². The summed E-state index contributed by atoms with van der Waals surface area (Å²) in [5, 5.41) is 8.71. The van der Waals surface area contributed by atoms with Crippen LogP contribution in [0, 0.1) is 11.6 Å². The predicted octanol–water partition coefficient (Wildman–Crippen LogP) is 3.25. The first kappa shape index (κ1) is 14.8. The Bertz CT molecular complexity index is 647. The van der Waals surface area contributed by atoms with Crippen molar-refractivity contribution in [2.75, 3.05) is 7.11 Å². The van der Waals surface area contributed by atoms with E-state index in [1.165, 1.54) is 7.11 Å². The lowest BCUT2D eigenvalue weighted by Crippen LogP contribution is -2.04. The lowest BCUT2D eigenvalue weighted by Gasteiger charge is -2.11. The molecule has 0 radical (unpaired) electrons. The second kappa shape index (κ2) is 6.21. The fraction of sp³-hybridized carbons (Fsp3) is 0.133. The summed E-state index contributed by atoms with van der Waals surface area (Å²) < 4.78 is 37.6. The first-order valence-corrected chi connectivity index (χ1v) is 6.00. The average Bonchev–Trinajstić information content (AvgIpc) is 2.46. The highest BCUT2D eigenvalue weighted by Crippen LogP contribution is 2.26. The Morgan fingerprint density at radius 3 is 2.38 bits per heavy atom. The van der Waals surface area contributed by atoms with Gasteiger partial charge in [-0.05, 0) is 18.2 Å². The molecule has 0 unspecified atom stereocenters. The number of hydrogen-bond acceptors (Lipinski definition) is 3. The minimum absolute atomic E-state index is 0.107. The molecule has 0 amide bonds. The van der Waals surface area contributed by atoms with E-state index < -0.39 is 28.9 Å². The van der Waals surface area contributed by atoms with E-state index in [1.54, 1.807) is 24.3 Å². The van der Waals surface area contributed by atoms with Crippen LogP contribution in [-0.4, -0.2) is 18.2 Å². The van der Waals surface area contributed by atoms with Gasteiger partial charge in [-0.15, -0.1) is 0 Å². The van der Waals surface area contributed by atoms with Crippen molar-refractivity contribution < 1.29 is 28.2 Å². The molecule has 0 saturated carbocycles. The molecule has 0 fully saturated rings. The summed E-state index contributed by atoms with van der Waals surface area (Å²) in [5.41, 5.74) is 0.135. The Morgan fingerprint density at radius 2 is 1.81 bits per heavy atom. The third-order valence-electron chi connectivity index (χ3n) is 2.81. The standard InChI is InChI=1S/C15H12F2O4/c1-20-13-5-3-2-4-9(13)8-21-14-11(16)6-10(15(18)19)7-12(14)17/h2-7H,8H2,1H3,(H,18,19). The first-order chi connectivity index (χ1) is 10.0. The molecule has 0 spiro atoms. The van der Waals surface area contributed by atoms with Gasteiger partial charge < -0.3 is 14.6 Å². The molecule has 2 aromatic carbocycles. The number of ether oxygens (including phenoxy) is 2. The lowest BCUT2D eigenvalue weighted by atomic mass is 10.2. The molecule has 0 aliphatic heterocycles. The Morgan fingerprint density at radius 1 is 1.19 bits per heavy atom. The van der Waals surface area contributed by atoms with Crippen LogP contribution in [0.25, 0.3) is 0 Å². The van der Waals surface area contributed by atoms with Crippen LogP contribution in [-0.2, 0) is 6.61 Å². The van der Waals surface area contributed by atoms with Crippen LogP contribution in [0.15, 0.2) is 36.4 Å². The Kier molecular flexibility index (Phi) is 4.37. The van der Waals surface area contributed by atoms with E-state index in [0.29, 0.717) is 23.4 Å². The number of carboxylic acids is 1. The van der Waals surface area contributed by atoms with E-state index in [-0.39, 0.29) is 6.61 Å². The van der Waals surface area contributed by atoms with E-state index in [9.17, 15) is 13.6 Å². The van der Waals surface area contributed by atoms with E-state index >= 15 is 0 Å². The molecule has 0 aliphatic carbocycles. The average molecular weight is 294 g/mol. The van der Waals surface area contributed by atoms with Crippen molar-refractivity contribution in [3.8, 4) is 11.5 Å². The number of halogens is 2. The number of hydrogen-bond donors (Lipinski definition) is 1. The van der Waals surface area contributed by atoms with Gasteiger partial charge >= 0.3 is 5.97 Å². The topological polar surface area (TPSA) is 55.8 Å². The second-order valence-electron chi connectivity index (χ2n) is 4.17. The third kappa shape index (κ3) is 3.28. The number of benzene rings is 2. The molecule has 1 N–H and O–H groups in total. The molecule has 0 heterocycles. The highest BCUT2D eigenvalue weighted by Gasteiger charge is 2.16. The van der Waals surface area contributed by atoms with Crippen molar-refractivity contribution >= 4 is 5.97 Å². The van der Waals surface area contributed by atoms with Crippen LogP contribution in [0.3, 0.4) is 0 Å². The molecule has 110 valence electrons. The molecule has 4 nitrogen and oxygen atoms in total. The maximum atomic E-state index is 13.7. The molecule has 0 aliphatic rings. The zero-order valence-corrected chi connectivity index (χ0v) is 11.1. The number of rotatable bonds is 5. The van der Waals surface area contributed by atoms with Crippen molar-refractivity contribution in [1.82, 2.24) is 0 Å². The second-order valence-corrected chi connectivity index (χ2v) is 4.17. The van der Waals surface area contributed by atoms with E-state index in [2.05, 4.69) is 0 Å². The minimum Gasteiger partial charge on any atom is -0.496 e. The molecular formula is C15H12F2O4. The van der Waals surface area contributed by atoms with Gasteiger partial charge in [0.1, 0.15) is 12.4 Å². The molecular weight excluding hydrogens is 282 g/mol. The van der Waals surface area contributed by atoms with Gasteiger partial charge in [-0.2, -0.15) is 0 Å². The normalized spacial score (nSPS) is 10.2. The van der Waals surface area contributed by atoms with Crippen molar-refractivity contribution in [2.45, 2.75) is 6.61 Å². The SMILES string of the molecule is COc1ccccc1COc1c(F)cc(C(=O)O)cc1F. The Labute approximate surface area is 119 Å². The number of methoxy groups -OCH3 is 1. The highest BCUT2D eigenvalue weighted by atomic mass is 19.1. The quantitative estimate of drug-likeness (QED) is 0.919. The molecule has 21 heavy (non-hydrogen) atoms. The van der Waals surface area contributed by atoms with Gasteiger partial charge in [-0.3, -0.25) is 0 Å². The van der Waals surface area contributed by atoms with Crippen molar-refractivity contribution in [2.24, 2.45) is 0 Å². The van der Waals surface area contributed by atoms with Gasteiger partial charge in [0.05, 0.1) is 12.7 Å². The molecule has 0 saturated heterocycles. The number of aromatic carboxylic acids is 1. The summed E-state index contributed by atoms with van der Waals surface area (Å²) in [6.07, 6.45) is 0.